The molecule has 0 saturated carbocycles. The monoisotopic (exact) mass is 286 g/mol. The van der Waals surface area contributed by atoms with E-state index in [1.54, 1.807) is 0 Å². The first-order valence-corrected chi connectivity index (χ1v) is 8.57. The number of nitrogens with two attached hydrogens (primary N) is 1. The summed E-state index contributed by atoms with van der Waals surface area (Å²) >= 11 is 4.50. The van der Waals surface area contributed by atoms with E-state index in [1.165, 1.54) is 0 Å². The van der Waals surface area contributed by atoms with Crippen LogP contribution in [0.2, 0.25) is 0 Å². The third-order valence-corrected chi connectivity index (χ3v) is 5.67. The van der Waals surface area contributed by atoms with Gasteiger partial charge in [-0.3, -0.25) is 0 Å². The molecule has 0 bridgehead atoms. The molecule has 1 fully saturated rings. The van der Waals surface area contributed by atoms with E-state index in [-0.39, 0.29) is 16.5 Å². The van der Waals surface area contributed by atoms with Crippen LogP contribution in [0.5, 0.6) is 0 Å². The Morgan fingerprint density at radius 3 is 2.62 bits per heavy atom. The van der Waals surface area contributed by atoms with E-state index in [0.29, 0.717) is 12.8 Å². The van der Waals surface area contributed by atoms with E-state index in [4.69, 9.17) is 5.73 Å². The minimum atomic E-state index is -3.61. The zero-order valence-electron chi connectivity index (χ0n) is 8.55. The lowest BCUT2D eigenvalue weighted by molar-refractivity contribution is 0.519. The van der Waals surface area contributed by atoms with Crippen LogP contribution in [0.4, 0.5) is 0 Å². The fourth-order valence-electron chi connectivity index (χ4n) is 1.60. The molecular weight excluding hydrogens is 272 g/mol. The molecule has 0 amide bonds. The van der Waals surface area contributed by atoms with Crippen molar-refractivity contribution in [3.63, 3.8) is 0 Å². The minimum Gasteiger partial charge on any atom is -0.392 e. The van der Waals surface area contributed by atoms with Gasteiger partial charge in [0, 0.05) is 6.04 Å². The molecule has 0 aliphatic carbocycles. The van der Waals surface area contributed by atoms with Gasteiger partial charge in [0.25, 0.3) is 0 Å². The van der Waals surface area contributed by atoms with E-state index in [9.17, 15) is 16.8 Å². The first-order valence-electron chi connectivity index (χ1n) is 4.69. The van der Waals surface area contributed by atoms with Crippen LogP contribution in [0.15, 0.2) is 0 Å². The summed E-state index contributed by atoms with van der Waals surface area (Å²) < 4.78 is 47.8. The summed E-state index contributed by atoms with van der Waals surface area (Å²) in [6.07, 6.45) is 0.998. The quantitative estimate of drug-likeness (QED) is 0.627. The fraction of sp³-hybridized carbons (Fsp3) is 0.857. The highest BCUT2D eigenvalue weighted by Crippen LogP contribution is 2.12. The van der Waals surface area contributed by atoms with E-state index in [1.807, 2.05) is 0 Å². The number of sulfone groups is 1. The van der Waals surface area contributed by atoms with Gasteiger partial charge >= 0.3 is 0 Å². The summed E-state index contributed by atoms with van der Waals surface area (Å²) in [6, 6.07) is -0.557. The zero-order valence-corrected chi connectivity index (χ0v) is 11.0. The van der Waals surface area contributed by atoms with Gasteiger partial charge in [0.2, 0.25) is 10.0 Å². The molecule has 94 valence electrons. The van der Waals surface area contributed by atoms with Gasteiger partial charge in [-0.25, -0.2) is 21.6 Å². The molecule has 1 unspecified atom stereocenters. The molecule has 1 rings (SSSR count). The fourth-order valence-corrected chi connectivity index (χ4v) is 4.97. The minimum absolute atomic E-state index is 0.126. The van der Waals surface area contributed by atoms with Crippen molar-refractivity contribution in [2.75, 3.05) is 17.3 Å². The number of hydrogen-bond acceptors (Lipinski definition) is 5. The number of rotatable bonds is 4. The van der Waals surface area contributed by atoms with Crippen LogP contribution in [-0.2, 0) is 19.9 Å². The van der Waals surface area contributed by atoms with Crippen molar-refractivity contribution in [3.8, 4) is 0 Å². The topological polar surface area (TPSA) is 106 Å². The summed E-state index contributed by atoms with van der Waals surface area (Å²) in [5.74, 6) is -0.469. The third-order valence-electron chi connectivity index (χ3n) is 2.14. The van der Waals surface area contributed by atoms with Gasteiger partial charge in [0.1, 0.15) is 5.75 Å². The molecule has 1 atom stereocenters. The van der Waals surface area contributed by atoms with Crippen molar-refractivity contribution in [1.82, 2.24) is 4.72 Å². The second kappa shape index (κ2) is 4.94. The molecule has 1 aliphatic heterocycles. The van der Waals surface area contributed by atoms with Gasteiger partial charge in [0.15, 0.2) is 9.84 Å². The van der Waals surface area contributed by atoms with E-state index >= 15 is 0 Å². The van der Waals surface area contributed by atoms with Gasteiger partial charge in [-0.15, -0.1) is 0 Å². The molecule has 0 aromatic rings. The van der Waals surface area contributed by atoms with Crippen LogP contribution in [0, 0.1) is 0 Å². The third kappa shape index (κ3) is 4.73. The number of nitrogens with one attached hydrogen (secondary N) is 1. The maximum atomic E-state index is 11.4. The van der Waals surface area contributed by atoms with Gasteiger partial charge in [-0.2, -0.15) is 0 Å². The number of sulfonamides is 1. The van der Waals surface area contributed by atoms with Crippen molar-refractivity contribution in [2.24, 2.45) is 5.73 Å². The summed E-state index contributed by atoms with van der Waals surface area (Å²) in [4.78, 5) is -0.133. The van der Waals surface area contributed by atoms with E-state index in [2.05, 4.69) is 16.9 Å². The highest BCUT2D eigenvalue weighted by Gasteiger charge is 2.28. The molecule has 0 aromatic carbocycles. The zero-order chi connectivity index (χ0) is 12.4. The van der Waals surface area contributed by atoms with Crippen LogP contribution in [-0.4, -0.2) is 45.1 Å². The molecule has 1 heterocycles. The summed E-state index contributed by atoms with van der Waals surface area (Å²) in [5.41, 5.74) is 5.13. The second-order valence-electron chi connectivity index (χ2n) is 3.80. The SMILES string of the molecule is NC(=S)CS(=O)(=O)NC1CCCS(=O)(=O)C1. The Kier molecular flexibility index (Phi) is 4.27. The van der Waals surface area contributed by atoms with Crippen LogP contribution < -0.4 is 10.5 Å². The molecule has 6 nitrogen and oxygen atoms in total. The molecule has 16 heavy (non-hydrogen) atoms. The number of hydrogen-bond donors (Lipinski definition) is 2. The molecule has 0 aromatic heterocycles. The first-order chi connectivity index (χ1) is 7.20. The lowest BCUT2D eigenvalue weighted by Crippen LogP contribution is -2.45. The molecule has 1 aliphatic rings. The molecule has 9 heteroatoms. The highest BCUT2D eigenvalue weighted by molar-refractivity contribution is 7.92. The maximum Gasteiger partial charge on any atom is 0.218 e. The Morgan fingerprint density at radius 2 is 2.12 bits per heavy atom. The maximum absolute atomic E-state index is 11.4. The van der Waals surface area contributed by atoms with Crippen molar-refractivity contribution in [2.45, 2.75) is 18.9 Å². The average molecular weight is 286 g/mol. The predicted octanol–water partition coefficient (Wildman–Crippen LogP) is -1.23. The normalized spacial score (nSPS) is 25.1. The Hall–Kier alpha value is -0.250. The van der Waals surface area contributed by atoms with Crippen LogP contribution in [0.1, 0.15) is 12.8 Å². The molecular formula is C7H14N2O4S3. The van der Waals surface area contributed by atoms with Crippen LogP contribution >= 0.6 is 12.2 Å². The van der Waals surface area contributed by atoms with Crippen molar-refractivity contribution < 1.29 is 16.8 Å². The van der Waals surface area contributed by atoms with Gasteiger partial charge in [-0.1, -0.05) is 12.2 Å². The molecule has 0 spiro atoms. The molecule has 0 radical (unpaired) electrons. The van der Waals surface area contributed by atoms with Crippen LogP contribution in [0.25, 0.3) is 0 Å². The average Bonchev–Trinajstić information content (AvgIpc) is 1.96. The van der Waals surface area contributed by atoms with Gasteiger partial charge in [-0.05, 0) is 12.8 Å². The Bertz CT molecular complexity index is 468. The van der Waals surface area contributed by atoms with Crippen LogP contribution in [0.3, 0.4) is 0 Å². The van der Waals surface area contributed by atoms with Gasteiger partial charge in [0.05, 0.1) is 16.5 Å². The predicted molar refractivity (Wildman–Crippen MR) is 65.4 cm³/mol. The summed E-state index contributed by atoms with van der Waals surface area (Å²) in [7, 11) is -6.74. The van der Waals surface area contributed by atoms with Crippen molar-refractivity contribution in [1.29, 1.82) is 0 Å². The largest absolute Gasteiger partial charge is 0.392 e. The van der Waals surface area contributed by atoms with E-state index in [0.717, 1.165) is 0 Å². The lowest BCUT2D eigenvalue weighted by Gasteiger charge is -2.22. The van der Waals surface area contributed by atoms with Crippen molar-refractivity contribution >= 4 is 37.1 Å². The molecule has 1 saturated heterocycles. The summed E-state index contributed by atoms with van der Waals surface area (Å²) in [5, 5.41) is 0. The standard InChI is InChI=1S/C7H14N2O4S3/c8-7(14)5-16(12,13)9-6-2-1-3-15(10,11)4-6/h6,9H,1-5H2,(H2,8,14). The molecule has 3 N–H and O–H groups in total. The van der Waals surface area contributed by atoms with Crippen molar-refractivity contribution in [3.05, 3.63) is 0 Å². The number of thiocarbonyl (C=S) groups is 1. The first kappa shape index (κ1) is 13.8. The van der Waals surface area contributed by atoms with E-state index < -0.39 is 31.7 Å². The summed E-state index contributed by atoms with van der Waals surface area (Å²) in [6.45, 7) is 0. The Labute approximate surface area is 101 Å². The highest BCUT2D eigenvalue weighted by atomic mass is 32.2. The smallest absolute Gasteiger partial charge is 0.218 e. The second-order valence-corrected chi connectivity index (χ2v) is 8.30. The Morgan fingerprint density at radius 1 is 1.50 bits per heavy atom. The Balaban J connectivity index is 2.64. The lowest BCUT2D eigenvalue weighted by atomic mass is 10.2. The van der Waals surface area contributed by atoms with Gasteiger partial charge < -0.3 is 5.73 Å².